The van der Waals surface area contributed by atoms with E-state index in [0.29, 0.717) is 0 Å². The van der Waals surface area contributed by atoms with Crippen LogP contribution in [0.25, 0.3) is 0 Å². The van der Waals surface area contributed by atoms with Crippen LogP contribution in [0.5, 0.6) is 0 Å². The molecule has 0 aliphatic carbocycles. The Kier molecular flexibility index (Phi) is 14.6. The molecule has 10 atom stereocenters. The molecule has 2 rings (SSSR count). The third kappa shape index (κ3) is 6.20. The molecule has 0 saturated carbocycles. The van der Waals surface area contributed by atoms with Gasteiger partial charge in [-0.3, -0.25) is 0 Å². The third-order valence-electron chi connectivity index (χ3n) is 3.98. The quantitative estimate of drug-likeness (QED) is 0.189. The first-order chi connectivity index (χ1) is 10.8. The molecule has 2 heterocycles. The maximum Gasteiger partial charge on any atom is 2.00 e. The second kappa shape index (κ2) is 12.9. The molecule has 152 valence electrons. The number of hydrogen-bond donors (Lipinski definition) is 8. The summed E-state index contributed by atoms with van der Waals surface area (Å²) in [6.45, 7) is -1.35. The van der Waals surface area contributed by atoms with Crippen molar-refractivity contribution < 1.29 is 79.9 Å². The number of aliphatic hydroxyl groups excluding tert-OH is 8. The summed E-state index contributed by atoms with van der Waals surface area (Å²) < 4.78 is 15.3. The van der Waals surface area contributed by atoms with E-state index in [4.69, 9.17) is 19.3 Å². The van der Waals surface area contributed by atoms with Crippen molar-refractivity contribution in [1.29, 1.82) is 0 Å². The van der Waals surface area contributed by atoms with Crippen molar-refractivity contribution in [2.45, 2.75) is 61.4 Å². The Labute approximate surface area is 191 Å². The molecule has 0 aromatic rings. The summed E-state index contributed by atoms with van der Waals surface area (Å²) in [6, 6.07) is 0. The van der Waals surface area contributed by atoms with Gasteiger partial charge in [0.05, 0.1) is 13.2 Å². The van der Waals surface area contributed by atoms with Crippen molar-refractivity contribution in [2.24, 2.45) is 0 Å². The average Bonchev–Trinajstić information content (AvgIpc) is 2.55. The smallest absolute Gasteiger partial charge is 1.00 e. The van der Waals surface area contributed by atoms with Gasteiger partial charge < -0.3 is 79.9 Å². The molecule has 0 bridgehead atoms. The van der Waals surface area contributed by atoms with Crippen molar-refractivity contribution in [3.05, 3.63) is 0 Å². The average molecular weight is 453 g/mol. The van der Waals surface area contributed by atoms with Gasteiger partial charge in [-0.2, -0.15) is 0 Å². The van der Waals surface area contributed by atoms with Crippen LogP contribution >= 0.6 is 0 Å². The summed E-state index contributed by atoms with van der Waals surface area (Å²) >= 11 is 0. The third-order valence-corrected chi connectivity index (χ3v) is 3.98. The van der Waals surface area contributed by atoms with Crippen molar-refractivity contribution in [3.63, 3.8) is 0 Å². The van der Waals surface area contributed by atoms with Gasteiger partial charge in [0, 0.05) is 0 Å². The van der Waals surface area contributed by atoms with E-state index >= 15 is 0 Å². The van der Waals surface area contributed by atoms with Crippen molar-refractivity contribution in [1.82, 2.24) is 0 Å². The first-order valence-corrected chi connectivity index (χ1v) is 7.08. The topological polar surface area (TPSA) is 190 Å². The van der Waals surface area contributed by atoms with Gasteiger partial charge in [-0.05, 0) is 0 Å². The Hall–Kier alpha value is 1.40. The summed E-state index contributed by atoms with van der Waals surface area (Å²) in [5, 5.41) is 76.5. The van der Waals surface area contributed by atoms with E-state index in [-0.39, 0.29) is 62.6 Å². The molecule has 0 aromatic carbocycles. The standard InChI is InChI=1S/C12H22O11.Ca.2ClH/c13-1-3-5(15)6(16)9(19)12(22-3)23-10-4(2-14)21-11(20)8(18)7(10)17;;;/h3-20H,1-2H2;;2*1H/q;+2;;/p-2/t3-,4-,5+,6+,7-,8-,9-,10-,11?,12+;;;/m1.../s1. The number of hydrogen-bond acceptors (Lipinski definition) is 11. The number of rotatable bonds is 4. The summed E-state index contributed by atoms with van der Waals surface area (Å²) in [6.07, 6.45) is -15.6. The van der Waals surface area contributed by atoms with E-state index < -0.39 is 74.6 Å². The van der Waals surface area contributed by atoms with Crippen LogP contribution < -0.4 is 24.8 Å². The molecule has 8 N–H and O–H groups in total. The molecule has 14 heteroatoms. The van der Waals surface area contributed by atoms with E-state index in [1.807, 2.05) is 0 Å². The molecule has 1 unspecified atom stereocenters. The van der Waals surface area contributed by atoms with Gasteiger partial charge in [-0.25, -0.2) is 0 Å². The summed E-state index contributed by atoms with van der Waals surface area (Å²) in [5.74, 6) is 0. The zero-order chi connectivity index (χ0) is 17.3. The molecule has 2 saturated heterocycles. The van der Waals surface area contributed by atoms with Crippen molar-refractivity contribution in [3.8, 4) is 0 Å². The molecule has 0 radical (unpaired) electrons. The second-order valence-corrected chi connectivity index (χ2v) is 5.53. The number of halogens is 2. The Bertz CT molecular complexity index is 394. The fraction of sp³-hybridized carbons (Fsp3) is 1.00. The fourth-order valence-corrected chi connectivity index (χ4v) is 2.57. The van der Waals surface area contributed by atoms with Gasteiger partial charge in [0.25, 0.3) is 0 Å². The Morgan fingerprint density at radius 1 is 0.654 bits per heavy atom. The van der Waals surface area contributed by atoms with Crippen LogP contribution in [0, 0.1) is 0 Å². The second-order valence-electron chi connectivity index (χ2n) is 5.53. The molecule has 0 spiro atoms. The summed E-state index contributed by atoms with van der Waals surface area (Å²) in [7, 11) is 0. The van der Waals surface area contributed by atoms with E-state index in [2.05, 4.69) is 0 Å². The van der Waals surface area contributed by atoms with Gasteiger partial charge in [0.15, 0.2) is 12.6 Å². The SMILES string of the molecule is OC[C@H]1O[C@@H](O[C@H]2[C@H](O)[C@@H](O)C(O)O[C@@H]2CO)[C@H](O)[C@@H](O)[C@H]1O.[Ca+2].[Cl-].[Cl-]. The maximum atomic E-state index is 9.94. The van der Waals surface area contributed by atoms with Gasteiger partial charge in [0.2, 0.25) is 0 Å². The first-order valence-electron chi connectivity index (χ1n) is 7.08. The number of ether oxygens (including phenoxy) is 3. The van der Waals surface area contributed by atoms with Crippen molar-refractivity contribution in [2.75, 3.05) is 13.2 Å². The molecule has 2 aliphatic heterocycles. The Balaban J connectivity index is 0. The molecular weight excluding hydrogens is 431 g/mol. The van der Waals surface area contributed by atoms with Crippen LogP contribution in [0.15, 0.2) is 0 Å². The monoisotopic (exact) mass is 452 g/mol. The molecule has 2 aliphatic rings. The zero-order valence-corrected chi connectivity index (χ0v) is 17.2. The van der Waals surface area contributed by atoms with E-state index in [9.17, 15) is 35.7 Å². The minimum Gasteiger partial charge on any atom is -1.00 e. The van der Waals surface area contributed by atoms with Gasteiger partial charge in [-0.15, -0.1) is 0 Å². The largest absolute Gasteiger partial charge is 2.00 e. The summed E-state index contributed by atoms with van der Waals surface area (Å²) in [4.78, 5) is 0. The molecule has 2 fully saturated rings. The van der Waals surface area contributed by atoms with Crippen LogP contribution in [-0.4, -0.2) is 153 Å². The van der Waals surface area contributed by atoms with Crippen LogP contribution in [0.1, 0.15) is 0 Å². The van der Waals surface area contributed by atoms with E-state index in [1.165, 1.54) is 0 Å². The van der Waals surface area contributed by atoms with Gasteiger partial charge in [-0.1, -0.05) is 0 Å². The minimum atomic E-state index is -1.74. The molecule has 0 aromatic heterocycles. The van der Waals surface area contributed by atoms with E-state index in [1.54, 1.807) is 0 Å². The predicted molar refractivity (Wildman–Crippen MR) is 74.4 cm³/mol. The van der Waals surface area contributed by atoms with Crippen molar-refractivity contribution >= 4 is 37.7 Å². The first kappa shape index (κ1) is 29.6. The van der Waals surface area contributed by atoms with E-state index in [0.717, 1.165) is 0 Å². The number of aliphatic hydroxyl groups is 8. The molecule has 11 nitrogen and oxygen atoms in total. The fourth-order valence-electron chi connectivity index (χ4n) is 2.57. The van der Waals surface area contributed by atoms with Gasteiger partial charge in [0.1, 0.15) is 48.8 Å². The molecule has 0 amide bonds. The van der Waals surface area contributed by atoms with Gasteiger partial charge >= 0.3 is 37.7 Å². The normalized spacial score (nSPS) is 45.7. The Morgan fingerprint density at radius 2 is 1.19 bits per heavy atom. The molecular formula is C12H22CaCl2O11. The van der Waals surface area contributed by atoms with Crippen LogP contribution in [0.3, 0.4) is 0 Å². The zero-order valence-electron chi connectivity index (χ0n) is 13.5. The summed E-state index contributed by atoms with van der Waals surface area (Å²) in [5.41, 5.74) is 0. The predicted octanol–water partition coefficient (Wildman–Crippen LogP) is -11.8. The Morgan fingerprint density at radius 3 is 1.69 bits per heavy atom. The maximum absolute atomic E-state index is 9.94. The minimum absolute atomic E-state index is 0. The molecule has 26 heavy (non-hydrogen) atoms. The van der Waals surface area contributed by atoms with Crippen LogP contribution in [-0.2, 0) is 14.2 Å². The van der Waals surface area contributed by atoms with Crippen LogP contribution in [0.4, 0.5) is 0 Å². The van der Waals surface area contributed by atoms with Crippen LogP contribution in [0.2, 0.25) is 0 Å².